The highest BCUT2D eigenvalue weighted by molar-refractivity contribution is 5.72. The van der Waals surface area contributed by atoms with Crippen molar-refractivity contribution in [2.75, 3.05) is 18.0 Å². The minimum Gasteiger partial charge on any atom is -0.489 e. The lowest BCUT2D eigenvalue weighted by Gasteiger charge is -2.23. The lowest BCUT2D eigenvalue weighted by atomic mass is 10.2. The van der Waals surface area contributed by atoms with Gasteiger partial charge in [0.15, 0.2) is 10.7 Å². The molecule has 21 heavy (non-hydrogen) atoms. The van der Waals surface area contributed by atoms with Gasteiger partial charge in [-0.15, -0.1) is 0 Å². The second kappa shape index (κ2) is 6.66. The van der Waals surface area contributed by atoms with E-state index < -0.39 is 0 Å². The standard InChI is InChI=1S/C16H24N3O2/c1-11(2)20-15-10-14(19-7-5-6-8-19)16(21-12(3)4)9-13(15)18-17/h9-12H,5-8H2,1-4H3/q+1. The molecule has 0 spiro atoms. The molecule has 0 saturated carbocycles. The number of ether oxygens (including phenoxy) is 2. The molecule has 0 atom stereocenters. The van der Waals surface area contributed by atoms with Gasteiger partial charge in [-0.2, -0.15) is 0 Å². The summed E-state index contributed by atoms with van der Waals surface area (Å²) in [6.07, 6.45) is 2.46. The number of hydrogen-bond acceptors (Lipinski definition) is 4. The molecule has 0 bridgehead atoms. The van der Waals surface area contributed by atoms with Gasteiger partial charge in [0.25, 0.3) is 0 Å². The third-order valence-electron chi connectivity index (χ3n) is 3.32. The maximum atomic E-state index is 9.22. The number of rotatable bonds is 5. The molecule has 0 aliphatic carbocycles. The Bertz CT molecular complexity index is 529. The smallest absolute Gasteiger partial charge is 0.430 e. The molecule has 2 rings (SSSR count). The quantitative estimate of drug-likeness (QED) is 0.757. The molecule has 1 saturated heterocycles. The molecule has 0 N–H and O–H groups in total. The molecule has 0 amide bonds. The van der Waals surface area contributed by atoms with Gasteiger partial charge in [0, 0.05) is 19.2 Å². The maximum Gasteiger partial charge on any atom is 0.430 e. The summed E-state index contributed by atoms with van der Waals surface area (Å²) in [5.41, 5.74) is 1.42. The zero-order valence-electron chi connectivity index (χ0n) is 13.3. The van der Waals surface area contributed by atoms with E-state index in [2.05, 4.69) is 9.88 Å². The number of hydrogen-bond donors (Lipinski definition) is 0. The first-order valence-electron chi connectivity index (χ1n) is 7.62. The molecule has 5 nitrogen and oxygen atoms in total. The lowest BCUT2D eigenvalue weighted by Crippen LogP contribution is -2.20. The lowest BCUT2D eigenvalue weighted by molar-refractivity contribution is 0.236. The Morgan fingerprint density at radius 2 is 1.57 bits per heavy atom. The Morgan fingerprint density at radius 1 is 1.00 bits per heavy atom. The van der Waals surface area contributed by atoms with E-state index >= 15 is 0 Å². The summed E-state index contributed by atoms with van der Waals surface area (Å²) < 4.78 is 11.7. The van der Waals surface area contributed by atoms with Crippen LogP contribution in [0.1, 0.15) is 40.5 Å². The van der Waals surface area contributed by atoms with Gasteiger partial charge in [0.2, 0.25) is 11.1 Å². The van der Waals surface area contributed by atoms with E-state index in [1.54, 1.807) is 6.07 Å². The van der Waals surface area contributed by atoms with Gasteiger partial charge in [0.05, 0.1) is 24.0 Å². The summed E-state index contributed by atoms with van der Waals surface area (Å²) in [6, 6.07) is 3.68. The van der Waals surface area contributed by atoms with Crippen molar-refractivity contribution in [1.82, 2.24) is 0 Å². The van der Waals surface area contributed by atoms with Crippen LogP contribution in [0.2, 0.25) is 0 Å². The summed E-state index contributed by atoms with van der Waals surface area (Å²) in [7, 11) is 0. The van der Waals surface area contributed by atoms with Gasteiger partial charge in [-0.3, -0.25) is 0 Å². The molecule has 1 aliphatic rings. The van der Waals surface area contributed by atoms with Crippen molar-refractivity contribution < 1.29 is 9.47 Å². The van der Waals surface area contributed by atoms with Crippen LogP contribution >= 0.6 is 0 Å². The van der Waals surface area contributed by atoms with Crippen molar-refractivity contribution in [2.24, 2.45) is 0 Å². The highest BCUT2D eigenvalue weighted by atomic mass is 16.5. The molecule has 0 radical (unpaired) electrons. The Labute approximate surface area is 126 Å². The Kier molecular flexibility index (Phi) is 4.89. The van der Waals surface area contributed by atoms with Crippen LogP contribution in [-0.4, -0.2) is 25.3 Å². The van der Waals surface area contributed by atoms with Crippen LogP contribution in [0, 0.1) is 5.39 Å². The van der Waals surface area contributed by atoms with Crippen LogP contribution in [0.25, 0.3) is 4.98 Å². The molecule has 1 aromatic carbocycles. The average Bonchev–Trinajstić information content (AvgIpc) is 2.92. The number of anilines is 1. The molecule has 1 aromatic rings. The average molecular weight is 290 g/mol. The minimum atomic E-state index is 0.0220. The number of benzene rings is 1. The third-order valence-corrected chi connectivity index (χ3v) is 3.32. The van der Waals surface area contributed by atoms with E-state index in [0.29, 0.717) is 11.4 Å². The molecule has 1 heterocycles. The summed E-state index contributed by atoms with van der Waals surface area (Å²) in [4.78, 5) is 5.63. The van der Waals surface area contributed by atoms with E-state index in [9.17, 15) is 5.39 Å². The summed E-state index contributed by atoms with van der Waals surface area (Å²) in [6.45, 7) is 9.92. The molecular weight excluding hydrogens is 266 g/mol. The van der Waals surface area contributed by atoms with E-state index in [-0.39, 0.29) is 12.2 Å². The highest BCUT2D eigenvalue weighted by Gasteiger charge is 2.26. The zero-order chi connectivity index (χ0) is 15.4. The molecule has 1 fully saturated rings. The fourth-order valence-corrected chi connectivity index (χ4v) is 2.52. The Balaban J connectivity index is 2.44. The molecule has 1 aliphatic heterocycles. The van der Waals surface area contributed by atoms with Crippen LogP contribution in [-0.2, 0) is 0 Å². The fraction of sp³-hybridized carbons (Fsp3) is 0.625. The van der Waals surface area contributed by atoms with Crippen molar-refractivity contribution in [3.05, 3.63) is 17.1 Å². The minimum absolute atomic E-state index is 0.0220. The van der Waals surface area contributed by atoms with Crippen molar-refractivity contribution >= 4 is 11.4 Å². The Hall–Kier alpha value is -1.96. The van der Waals surface area contributed by atoms with Gasteiger partial charge in [-0.05, 0) is 40.5 Å². The zero-order valence-corrected chi connectivity index (χ0v) is 13.3. The monoisotopic (exact) mass is 290 g/mol. The van der Waals surface area contributed by atoms with Gasteiger partial charge in [0.1, 0.15) is 0 Å². The highest BCUT2D eigenvalue weighted by Crippen LogP contribution is 2.42. The van der Waals surface area contributed by atoms with Crippen molar-refractivity contribution in [3.8, 4) is 11.5 Å². The first-order valence-corrected chi connectivity index (χ1v) is 7.62. The predicted octanol–water partition coefficient (Wildman–Crippen LogP) is 4.35. The summed E-state index contributed by atoms with van der Waals surface area (Å²) in [5.74, 6) is 1.33. The maximum absolute atomic E-state index is 9.22. The second-order valence-corrected chi connectivity index (χ2v) is 5.92. The van der Waals surface area contributed by atoms with Crippen LogP contribution in [0.15, 0.2) is 12.1 Å². The van der Waals surface area contributed by atoms with Crippen LogP contribution in [0.4, 0.5) is 11.4 Å². The summed E-state index contributed by atoms with van der Waals surface area (Å²) >= 11 is 0. The molecule has 0 aromatic heterocycles. The van der Waals surface area contributed by atoms with Crippen LogP contribution in [0.5, 0.6) is 11.5 Å². The van der Waals surface area contributed by atoms with Gasteiger partial charge >= 0.3 is 5.69 Å². The van der Waals surface area contributed by atoms with Gasteiger partial charge in [-0.1, -0.05) is 0 Å². The van der Waals surface area contributed by atoms with E-state index in [1.165, 1.54) is 12.8 Å². The normalized spacial score (nSPS) is 14.6. The number of nitrogens with zero attached hydrogens (tertiary/aromatic N) is 3. The van der Waals surface area contributed by atoms with Gasteiger partial charge in [-0.25, -0.2) is 0 Å². The van der Waals surface area contributed by atoms with Crippen LogP contribution in [0.3, 0.4) is 0 Å². The molecule has 0 unspecified atom stereocenters. The first-order chi connectivity index (χ1) is 10.0. The van der Waals surface area contributed by atoms with Crippen molar-refractivity contribution in [2.45, 2.75) is 52.7 Å². The largest absolute Gasteiger partial charge is 0.489 e. The molecule has 5 heteroatoms. The van der Waals surface area contributed by atoms with E-state index in [4.69, 9.17) is 9.47 Å². The topological polar surface area (TPSA) is 49.9 Å². The molecular formula is C16H24N3O2+. The second-order valence-electron chi connectivity index (χ2n) is 5.92. The van der Waals surface area contributed by atoms with E-state index in [0.717, 1.165) is 24.5 Å². The third kappa shape index (κ3) is 3.78. The van der Waals surface area contributed by atoms with Crippen molar-refractivity contribution in [1.29, 1.82) is 5.39 Å². The fourth-order valence-electron chi connectivity index (χ4n) is 2.52. The number of diazo groups is 1. The first kappa shape index (κ1) is 15.4. The van der Waals surface area contributed by atoms with E-state index in [1.807, 2.05) is 33.8 Å². The summed E-state index contributed by atoms with van der Waals surface area (Å²) in [5, 5.41) is 9.22. The Morgan fingerprint density at radius 3 is 2.10 bits per heavy atom. The predicted molar refractivity (Wildman–Crippen MR) is 84.2 cm³/mol. The van der Waals surface area contributed by atoms with Crippen molar-refractivity contribution in [3.63, 3.8) is 0 Å². The van der Waals surface area contributed by atoms with Crippen LogP contribution < -0.4 is 14.4 Å². The molecule has 114 valence electrons. The van der Waals surface area contributed by atoms with Gasteiger partial charge < -0.3 is 14.4 Å². The SMILES string of the molecule is CC(C)Oc1cc(N2CCCC2)c(OC(C)C)cc1[N+]#N.